The van der Waals surface area contributed by atoms with Crippen molar-refractivity contribution in [2.75, 3.05) is 0 Å². The van der Waals surface area contributed by atoms with Gasteiger partial charge in [-0.1, -0.05) is 6.92 Å². The van der Waals surface area contributed by atoms with Crippen molar-refractivity contribution in [1.29, 1.82) is 0 Å². The molecule has 3 rings (SSSR count). The van der Waals surface area contributed by atoms with Gasteiger partial charge in [-0.3, -0.25) is 4.68 Å². The van der Waals surface area contributed by atoms with E-state index in [1.165, 1.54) is 0 Å². The number of carboxylic acid groups (broad SMARTS) is 1. The van der Waals surface area contributed by atoms with E-state index in [0.717, 1.165) is 36.2 Å². The molecule has 5 nitrogen and oxygen atoms in total. The molecule has 2 heterocycles. The molecule has 1 saturated carbocycles. The van der Waals surface area contributed by atoms with E-state index in [0.29, 0.717) is 11.7 Å². The summed E-state index contributed by atoms with van der Waals surface area (Å²) >= 11 is 0. The monoisotopic (exact) mass is 259 g/mol. The van der Waals surface area contributed by atoms with Crippen molar-refractivity contribution in [2.24, 2.45) is 7.05 Å². The minimum Gasteiger partial charge on any atom is -0.477 e. The van der Waals surface area contributed by atoms with Crippen LogP contribution in [0.25, 0.3) is 11.3 Å². The first kappa shape index (κ1) is 12.0. The van der Waals surface area contributed by atoms with Gasteiger partial charge in [-0.2, -0.15) is 5.10 Å². The van der Waals surface area contributed by atoms with Crippen LogP contribution < -0.4 is 0 Å². The summed E-state index contributed by atoms with van der Waals surface area (Å²) in [7, 11) is 1.89. The Balaban J connectivity index is 2.16. The third-order valence-electron chi connectivity index (χ3n) is 3.57. The van der Waals surface area contributed by atoms with Crippen LogP contribution in [0.2, 0.25) is 0 Å². The molecule has 0 radical (unpaired) electrons. The Hall–Kier alpha value is -2.04. The van der Waals surface area contributed by atoms with E-state index in [4.69, 9.17) is 0 Å². The largest absolute Gasteiger partial charge is 0.477 e. The van der Waals surface area contributed by atoms with E-state index in [2.05, 4.69) is 12.0 Å². The molecule has 0 bridgehead atoms. The van der Waals surface area contributed by atoms with E-state index in [-0.39, 0.29) is 0 Å². The van der Waals surface area contributed by atoms with Gasteiger partial charge in [0.05, 0.1) is 11.4 Å². The zero-order valence-electron chi connectivity index (χ0n) is 11.1. The number of aromatic nitrogens is 3. The van der Waals surface area contributed by atoms with E-state index >= 15 is 0 Å². The Labute approximate surface area is 111 Å². The summed E-state index contributed by atoms with van der Waals surface area (Å²) in [6.07, 6.45) is 4.93. The third-order valence-corrected chi connectivity index (χ3v) is 3.57. The van der Waals surface area contributed by atoms with Gasteiger partial charge in [0, 0.05) is 24.8 Å². The van der Waals surface area contributed by atoms with Gasteiger partial charge in [0.15, 0.2) is 0 Å². The van der Waals surface area contributed by atoms with Crippen molar-refractivity contribution in [3.63, 3.8) is 0 Å². The van der Waals surface area contributed by atoms with E-state index in [1.54, 1.807) is 10.7 Å². The lowest BCUT2D eigenvalue weighted by molar-refractivity contribution is 0.0685. The summed E-state index contributed by atoms with van der Waals surface area (Å²) in [5, 5.41) is 13.7. The van der Waals surface area contributed by atoms with Crippen LogP contribution in [0.4, 0.5) is 0 Å². The molecular weight excluding hydrogens is 242 g/mol. The molecule has 0 saturated heterocycles. The topological polar surface area (TPSA) is 60.1 Å². The Bertz CT molecular complexity index is 635. The molecule has 19 heavy (non-hydrogen) atoms. The van der Waals surface area contributed by atoms with Crippen molar-refractivity contribution in [1.82, 2.24) is 14.3 Å². The van der Waals surface area contributed by atoms with Crippen molar-refractivity contribution < 1.29 is 9.90 Å². The molecule has 2 aromatic heterocycles. The number of aryl methyl sites for hydroxylation is 2. The molecule has 2 aromatic rings. The minimum atomic E-state index is -0.861. The first-order chi connectivity index (χ1) is 9.11. The summed E-state index contributed by atoms with van der Waals surface area (Å²) in [6.45, 7) is 2.06. The molecule has 1 aliphatic carbocycles. The summed E-state index contributed by atoms with van der Waals surface area (Å²) < 4.78 is 3.75. The van der Waals surface area contributed by atoms with Gasteiger partial charge < -0.3 is 9.67 Å². The van der Waals surface area contributed by atoms with Crippen LogP contribution in [-0.4, -0.2) is 25.4 Å². The van der Waals surface area contributed by atoms with E-state index in [9.17, 15) is 9.90 Å². The van der Waals surface area contributed by atoms with Crippen LogP contribution in [-0.2, 0) is 13.5 Å². The van der Waals surface area contributed by atoms with Gasteiger partial charge in [-0.15, -0.1) is 0 Å². The van der Waals surface area contributed by atoms with Gasteiger partial charge in [0.2, 0.25) is 0 Å². The van der Waals surface area contributed by atoms with Gasteiger partial charge in [-0.05, 0) is 31.4 Å². The maximum atomic E-state index is 11.3. The van der Waals surface area contributed by atoms with Crippen LogP contribution in [0.5, 0.6) is 0 Å². The molecule has 1 fully saturated rings. The van der Waals surface area contributed by atoms with Crippen LogP contribution in [0.15, 0.2) is 18.3 Å². The second kappa shape index (κ2) is 4.26. The fraction of sp³-hybridized carbons (Fsp3) is 0.429. The lowest BCUT2D eigenvalue weighted by Gasteiger charge is -2.10. The van der Waals surface area contributed by atoms with Crippen molar-refractivity contribution in [3.8, 4) is 11.3 Å². The number of hydrogen-bond donors (Lipinski definition) is 1. The van der Waals surface area contributed by atoms with Crippen LogP contribution in [0.1, 0.15) is 42.0 Å². The maximum absolute atomic E-state index is 11.3. The maximum Gasteiger partial charge on any atom is 0.352 e. The Morgan fingerprint density at radius 1 is 1.47 bits per heavy atom. The Kier molecular flexibility index (Phi) is 2.69. The van der Waals surface area contributed by atoms with E-state index < -0.39 is 5.97 Å². The molecule has 0 atom stereocenters. The number of hydrogen-bond acceptors (Lipinski definition) is 2. The second-order valence-corrected chi connectivity index (χ2v) is 5.03. The predicted octanol–water partition coefficient (Wildman–Crippen LogP) is 2.48. The quantitative estimate of drug-likeness (QED) is 0.917. The minimum absolute atomic E-state index is 0.334. The Morgan fingerprint density at radius 3 is 2.79 bits per heavy atom. The number of carboxylic acids is 1. The average Bonchev–Trinajstić information content (AvgIpc) is 2.99. The SMILES string of the molecule is CCc1nn(C)cc1-c1ccc(C(=O)O)n1C1CC1. The van der Waals surface area contributed by atoms with Gasteiger partial charge in [-0.25, -0.2) is 4.79 Å². The summed E-state index contributed by atoms with van der Waals surface area (Å²) in [4.78, 5) is 11.3. The highest BCUT2D eigenvalue weighted by atomic mass is 16.4. The molecule has 5 heteroatoms. The molecule has 0 amide bonds. The van der Waals surface area contributed by atoms with Crippen LogP contribution in [0, 0.1) is 0 Å². The molecular formula is C14H17N3O2. The van der Waals surface area contributed by atoms with Gasteiger partial charge >= 0.3 is 5.97 Å². The predicted molar refractivity (Wildman–Crippen MR) is 71.2 cm³/mol. The average molecular weight is 259 g/mol. The third kappa shape index (κ3) is 1.95. The normalized spacial score (nSPS) is 14.8. The number of aromatic carboxylic acids is 1. The molecule has 0 spiro atoms. The second-order valence-electron chi connectivity index (χ2n) is 5.03. The number of nitrogens with zero attached hydrogens (tertiary/aromatic N) is 3. The molecule has 0 unspecified atom stereocenters. The zero-order chi connectivity index (χ0) is 13.6. The standard InChI is InChI=1S/C14H17N3O2/c1-3-11-10(8-16(2)15-11)12-6-7-13(14(18)19)17(12)9-4-5-9/h6-9H,3-5H2,1-2H3,(H,18,19). The van der Waals surface area contributed by atoms with E-state index in [1.807, 2.05) is 23.9 Å². The van der Waals surface area contributed by atoms with Gasteiger partial charge in [0.1, 0.15) is 5.69 Å². The van der Waals surface area contributed by atoms with Crippen molar-refractivity contribution in [2.45, 2.75) is 32.2 Å². The molecule has 0 aliphatic heterocycles. The fourth-order valence-electron chi connectivity index (χ4n) is 2.58. The van der Waals surface area contributed by atoms with Crippen LogP contribution in [0.3, 0.4) is 0 Å². The highest BCUT2D eigenvalue weighted by Crippen LogP contribution is 2.41. The molecule has 100 valence electrons. The highest BCUT2D eigenvalue weighted by Gasteiger charge is 2.30. The van der Waals surface area contributed by atoms with Crippen molar-refractivity contribution >= 4 is 5.97 Å². The number of rotatable bonds is 4. The summed E-state index contributed by atoms with van der Waals surface area (Å²) in [5.74, 6) is -0.861. The zero-order valence-corrected chi connectivity index (χ0v) is 11.1. The lowest BCUT2D eigenvalue weighted by atomic mass is 10.1. The number of carbonyl (C=O) groups is 1. The Morgan fingerprint density at radius 2 is 2.21 bits per heavy atom. The molecule has 1 N–H and O–H groups in total. The van der Waals surface area contributed by atoms with Crippen LogP contribution >= 0.6 is 0 Å². The first-order valence-electron chi connectivity index (χ1n) is 6.59. The fourth-order valence-corrected chi connectivity index (χ4v) is 2.58. The smallest absolute Gasteiger partial charge is 0.352 e. The highest BCUT2D eigenvalue weighted by molar-refractivity contribution is 5.87. The lowest BCUT2D eigenvalue weighted by Crippen LogP contribution is -2.08. The first-order valence-corrected chi connectivity index (χ1v) is 6.59. The summed E-state index contributed by atoms with van der Waals surface area (Å²) in [6, 6.07) is 3.93. The molecule has 1 aliphatic rings. The summed E-state index contributed by atoms with van der Waals surface area (Å²) in [5.41, 5.74) is 3.41. The van der Waals surface area contributed by atoms with Gasteiger partial charge in [0.25, 0.3) is 0 Å². The van der Waals surface area contributed by atoms with Crippen molar-refractivity contribution in [3.05, 3.63) is 29.7 Å². The molecule has 0 aromatic carbocycles.